The van der Waals surface area contributed by atoms with Gasteiger partial charge in [0.05, 0.1) is 0 Å². The Bertz CT molecular complexity index is 861. The summed E-state index contributed by atoms with van der Waals surface area (Å²) in [6.45, 7) is 9.24. The highest BCUT2D eigenvalue weighted by molar-refractivity contribution is 6.31. The van der Waals surface area contributed by atoms with E-state index in [9.17, 15) is 4.79 Å². The summed E-state index contributed by atoms with van der Waals surface area (Å²) in [4.78, 5) is 17.3. The van der Waals surface area contributed by atoms with Crippen LogP contribution in [0.2, 0.25) is 10.0 Å². The normalized spacial score (nSPS) is 16.6. The van der Waals surface area contributed by atoms with E-state index in [1.807, 2.05) is 48.2 Å². The van der Waals surface area contributed by atoms with Gasteiger partial charge >= 0.3 is 0 Å². The Morgan fingerprint density at radius 3 is 2.17 bits per heavy atom. The molecule has 4 nitrogen and oxygen atoms in total. The molecule has 0 spiro atoms. The summed E-state index contributed by atoms with van der Waals surface area (Å²) in [6.07, 6.45) is 0.723. The molecule has 1 amide bonds. The summed E-state index contributed by atoms with van der Waals surface area (Å²) in [5, 5.41) is 1.42. The predicted molar refractivity (Wildman–Crippen MR) is 126 cm³/mol. The number of halogens is 2. The van der Waals surface area contributed by atoms with E-state index in [4.69, 9.17) is 28.9 Å². The van der Waals surface area contributed by atoms with Crippen molar-refractivity contribution in [2.24, 2.45) is 17.6 Å². The zero-order valence-electron chi connectivity index (χ0n) is 17.9. The van der Waals surface area contributed by atoms with Gasteiger partial charge in [-0.15, -0.1) is 0 Å². The highest BCUT2D eigenvalue weighted by atomic mass is 35.5. The number of anilines is 1. The van der Waals surface area contributed by atoms with Crippen LogP contribution < -0.4 is 10.6 Å². The quantitative estimate of drug-likeness (QED) is 0.663. The van der Waals surface area contributed by atoms with Crippen molar-refractivity contribution < 1.29 is 4.79 Å². The van der Waals surface area contributed by atoms with Crippen molar-refractivity contribution in [3.63, 3.8) is 0 Å². The fraction of sp³-hybridized carbons (Fsp3) is 0.458. The van der Waals surface area contributed by atoms with Crippen LogP contribution in [0.5, 0.6) is 0 Å². The van der Waals surface area contributed by atoms with Gasteiger partial charge in [0.2, 0.25) is 5.91 Å². The first-order valence-corrected chi connectivity index (χ1v) is 11.3. The number of carbonyl (C=O) groups is 1. The Kier molecular flexibility index (Phi) is 7.67. The van der Waals surface area contributed by atoms with Crippen LogP contribution >= 0.6 is 23.2 Å². The molecule has 6 heteroatoms. The van der Waals surface area contributed by atoms with Crippen molar-refractivity contribution >= 4 is 34.8 Å². The molecule has 0 bridgehead atoms. The lowest BCUT2D eigenvalue weighted by Crippen LogP contribution is -2.50. The zero-order valence-corrected chi connectivity index (χ0v) is 19.5. The Balaban J connectivity index is 1.63. The third kappa shape index (κ3) is 5.48. The average molecular weight is 448 g/mol. The molecule has 0 radical (unpaired) electrons. The first kappa shape index (κ1) is 22.9. The molecule has 2 aromatic rings. The van der Waals surface area contributed by atoms with Gasteiger partial charge in [-0.25, -0.2) is 0 Å². The summed E-state index contributed by atoms with van der Waals surface area (Å²) in [5.41, 5.74) is 9.79. The standard InChI is InChI=1S/C24H31Cl2N3O/c1-16(2)23(27)21-15-20(26)8-9-22(21)28-10-12-29(13-11-28)24(30)17(3)14-18-4-6-19(25)7-5-18/h4-9,15-17,23H,10-14,27H2,1-3H3/t17-,23+/m1/s1. The second-order valence-electron chi connectivity index (χ2n) is 8.52. The minimum Gasteiger partial charge on any atom is -0.368 e. The molecule has 1 fully saturated rings. The molecule has 2 atom stereocenters. The fourth-order valence-electron chi connectivity index (χ4n) is 3.98. The third-order valence-corrected chi connectivity index (χ3v) is 6.36. The zero-order chi connectivity index (χ0) is 21.8. The minimum atomic E-state index is -0.0715. The monoisotopic (exact) mass is 447 g/mol. The van der Waals surface area contributed by atoms with E-state index >= 15 is 0 Å². The SMILES string of the molecule is CC(C)[C@H](N)c1cc(Cl)ccc1N1CCN(C(=O)[C@H](C)Cc2ccc(Cl)cc2)CC1. The Hall–Kier alpha value is -1.75. The van der Waals surface area contributed by atoms with Gasteiger partial charge in [-0.1, -0.05) is 56.1 Å². The van der Waals surface area contributed by atoms with E-state index < -0.39 is 0 Å². The van der Waals surface area contributed by atoms with Crippen LogP contribution in [0.4, 0.5) is 5.69 Å². The molecule has 162 valence electrons. The second-order valence-corrected chi connectivity index (χ2v) is 9.39. The highest BCUT2D eigenvalue weighted by Gasteiger charge is 2.27. The lowest BCUT2D eigenvalue weighted by Gasteiger charge is -2.38. The number of nitrogens with two attached hydrogens (primary N) is 1. The van der Waals surface area contributed by atoms with E-state index in [1.165, 1.54) is 0 Å². The number of piperazine rings is 1. The van der Waals surface area contributed by atoms with Crippen molar-refractivity contribution in [1.82, 2.24) is 4.90 Å². The van der Waals surface area contributed by atoms with Crippen molar-refractivity contribution in [2.75, 3.05) is 31.1 Å². The van der Waals surface area contributed by atoms with Gasteiger partial charge in [0.25, 0.3) is 0 Å². The molecule has 0 saturated carbocycles. The number of rotatable bonds is 6. The van der Waals surface area contributed by atoms with Crippen LogP contribution in [0.3, 0.4) is 0 Å². The van der Waals surface area contributed by atoms with Crippen molar-refractivity contribution in [2.45, 2.75) is 33.2 Å². The van der Waals surface area contributed by atoms with E-state index in [0.717, 1.165) is 36.3 Å². The van der Waals surface area contributed by atoms with Crippen LogP contribution in [-0.2, 0) is 11.2 Å². The van der Waals surface area contributed by atoms with Crippen LogP contribution in [0, 0.1) is 11.8 Å². The van der Waals surface area contributed by atoms with Crippen LogP contribution in [0.1, 0.15) is 37.9 Å². The smallest absolute Gasteiger partial charge is 0.225 e. The first-order chi connectivity index (χ1) is 14.3. The molecular weight excluding hydrogens is 417 g/mol. The van der Waals surface area contributed by atoms with Gasteiger partial charge in [-0.3, -0.25) is 4.79 Å². The Morgan fingerprint density at radius 1 is 0.967 bits per heavy atom. The number of amides is 1. The van der Waals surface area contributed by atoms with Gasteiger partial charge in [-0.05, 0) is 53.8 Å². The molecule has 1 aliphatic heterocycles. The molecular formula is C24H31Cl2N3O. The number of benzene rings is 2. The van der Waals surface area contributed by atoms with Crippen LogP contribution in [-0.4, -0.2) is 37.0 Å². The summed E-state index contributed by atoms with van der Waals surface area (Å²) in [7, 11) is 0. The Morgan fingerprint density at radius 2 is 1.57 bits per heavy atom. The van der Waals surface area contributed by atoms with E-state index in [2.05, 4.69) is 24.8 Å². The number of hydrogen-bond donors (Lipinski definition) is 1. The average Bonchev–Trinajstić information content (AvgIpc) is 2.74. The van der Waals surface area contributed by atoms with Gasteiger partial charge in [-0.2, -0.15) is 0 Å². The van der Waals surface area contributed by atoms with E-state index in [1.54, 1.807) is 0 Å². The van der Waals surface area contributed by atoms with Crippen LogP contribution in [0.15, 0.2) is 42.5 Å². The minimum absolute atomic E-state index is 0.0572. The highest BCUT2D eigenvalue weighted by Crippen LogP contribution is 2.32. The summed E-state index contributed by atoms with van der Waals surface area (Å²) >= 11 is 12.2. The summed E-state index contributed by atoms with van der Waals surface area (Å²) in [6, 6.07) is 13.6. The summed E-state index contributed by atoms with van der Waals surface area (Å²) in [5.74, 6) is 0.469. The van der Waals surface area contributed by atoms with Gasteiger partial charge in [0, 0.05) is 53.9 Å². The molecule has 2 N–H and O–H groups in total. The van der Waals surface area contributed by atoms with Gasteiger partial charge in [0.1, 0.15) is 0 Å². The molecule has 1 heterocycles. The summed E-state index contributed by atoms with van der Waals surface area (Å²) < 4.78 is 0. The van der Waals surface area contributed by atoms with Gasteiger partial charge in [0.15, 0.2) is 0 Å². The maximum Gasteiger partial charge on any atom is 0.225 e. The molecule has 2 aromatic carbocycles. The molecule has 0 aromatic heterocycles. The maximum atomic E-state index is 13.0. The first-order valence-electron chi connectivity index (χ1n) is 10.6. The molecule has 1 aliphatic rings. The molecule has 1 saturated heterocycles. The van der Waals surface area contributed by atoms with Crippen LogP contribution in [0.25, 0.3) is 0 Å². The number of carbonyl (C=O) groups excluding carboxylic acids is 1. The molecule has 3 rings (SSSR count). The fourth-order valence-corrected chi connectivity index (χ4v) is 4.29. The number of nitrogens with zero attached hydrogens (tertiary/aromatic N) is 2. The lowest BCUT2D eigenvalue weighted by molar-refractivity contribution is -0.135. The molecule has 30 heavy (non-hydrogen) atoms. The number of hydrogen-bond acceptors (Lipinski definition) is 3. The Labute approximate surface area is 189 Å². The van der Waals surface area contributed by atoms with Crippen molar-refractivity contribution in [3.05, 3.63) is 63.6 Å². The molecule has 0 unspecified atom stereocenters. The predicted octanol–water partition coefficient (Wildman–Crippen LogP) is 5.18. The second kappa shape index (κ2) is 10.0. The maximum absolute atomic E-state index is 13.0. The third-order valence-electron chi connectivity index (χ3n) is 5.88. The van der Waals surface area contributed by atoms with E-state index in [-0.39, 0.29) is 17.9 Å². The van der Waals surface area contributed by atoms with E-state index in [0.29, 0.717) is 29.1 Å². The molecule has 0 aliphatic carbocycles. The van der Waals surface area contributed by atoms with Crippen molar-refractivity contribution in [3.8, 4) is 0 Å². The lowest BCUT2D eigenvalue weighted by atomic mass is 9.94. The largest absolute Gasteiger partial charge is 0.368 e. The van der Waals surface area contributed by atoms with Crippen molar-refractivity contribution in [1.29, 1.82) is 0 Å². The topological polar surface area (TPSA) is 49.6 Å². The van der Waals surface area contributed by atoms with Gasteiger partial charge < -0.3 is 15.5 Å².